The smallest absolute Gasteiger partial charge is 0.408 e. The first-order chi connectivity index (χ1) is 15.5. The van der Waals surface area contributed by atoms with Gasteiger partial charge in [-0.2, -0.15) is 0 Å². The fraction of sp³-hybridized carbons (Fsp3) is 0.458. The van der Waals surface area contributed by atoms with Crippen molar-refractivity contribution >= 4 is 26.1 Å². The summed E-state index contributed by atoms with van der Waals surface area (Å²) in [7, 11) is 1.79. The molecule has 180 valence electrons. The van der Waals surface area contributed by atoms with Crippen molar-refractivity contribution in [2.45, 2.75) is 50.6 Å². The molecular weight excluding hydrogens is 440 g/mol. The maximum Gasteiger partial charge on any atom is 0.408 e. The molecule has 1 aromatic carbocycles. The van der Waals surface area contributed by atoms with Gasteiger partial charge in [-0.3, -0.25) is 10.1 Å². The Labute approximate surface area is 197 Å². The fourth-order valence-corrected chi connectivity index (χ4v) is 3.53. The summed E-state index contributed by atoms with van der Waals surface area (Å²) in [6, 6.07) is 8.88. The van der Waals surface area contributed by atoms with Crippen molar-refractivity contribution < 1.29 is 28.6 Å². The van der Waals surface area contributed by atoms with Gasteiger partial charge in [-0.25, -0.2) is 9.59 Å². The Kier molecular flexibility index (Phi) is 10.9. The van der Waals surface area contributed by atoms with E-state index in [1.54, 1.807) is 0 Å². The van der Waals surface area contributed by atoms with Gasteiger partial charge in [0.05, 0.1) is 21.3 Å². The SMILES string of the molecule is C=C(CC(NCc1ccccc1)C(=O)OC)CC(C#C[Si](C)(C)C)(NC(=O)OC)C(=O)OC. The Hall–Kier alpha value is -3.09. The summed E-state index contributed by atoms with van der Waals surface area (Å²) < 4.78 is 14.6. The summed E-state index contributed by atoms with van der Waals surface area (Å²) in [5.74, 6) is 1.71. The highest BCUT2D eigenvalue weighted by atomic mass is 28.3. The number of benzene rings is 1. The van der Waals surface area contributed by atoms with Crippen LogP contribution in [0.5, 0.6) is 0 Å². The molecule has 0 fully saturated rings. The lowest BCUT2D eigenvalue weighted by Crippen LogP contribution is -2.55. The van der Waals surface area contributed by atoms with Gasteiger partial charge in [-0.1, -0.05) is 68.0 Å². The van der Waals surface area contributed by atoms with Crippen molar-refractivity contribution in [2.24, 2.45) is 0 Å². The summed E-state index contributed by atoms with van der Waals surface area (Å²) >= 11 is 0. The van der Waals surface area contributed by atoms with Crippen LogP contribution >= 0.6 is 0 Å². The second kappa shape index (κ2) is 12.8. The normalized spacial score (nSPS) is 13.4. The fourth-order valence-electron chi connectivity index (χ4n) is 2.94. The number of methoxy groups -OCH3 is 3. The molecule has 8 nitrogen and oxygen atoms in total. The molecule has 1 rings (SSSR count). The predicted octanol–water partition coefficient (Wildman–Crippen LogP) is 2.80. The van der Waals surface area contributed by atoms with Crippen LogP contribution in [0.3, 0.4) is 0 Å². The zero-order valence-corrected chi connectivity index (χ0v) is 21.2. The van der Waals surface area contributed by atoms with Crippen molar-refractivity contribution in [1.29, 1.82) is 0 Å². The van der Waals surface area contributed by atoms with Crippen LogP contribution in [0.2, 0.25) is 19.6 Å². The van der Waals surface area contributed by atoms with Crippen molar-refractivity contribution in [3.63, 3.8) is 0 Å². The summed E-state index contributed by atoms with van der Waals surface area (Å²) in [5, 5.41) is 5.69. The van der Waals surface area contributed by atoms with Gasteiger partial charge in [-0.05, 0) is 12.0 Å². The van der Waals surface area contributed by atoms with Gasteiger partial charge in [-0.15, -0.1) is 5.54 Å². The Morgan fingerprint density at radius 3 is 2.21 bits per heavy atom. The van der Waals surface area contributed by atoms with E-state index in [-0.39, 0.29) is 12.8 Å². The lowest BCUT2D eigenvalue weighted by atomic mass is 9.89. The van der Waals surface area contributed by atoms with Crippen LogP contribution < -0.4 is 10.6 Å². The predicted molar refractivity (Wildman–Crippen MR) is 129 cm³/mol. The summed E-state index contributed by atoms with van der Waals surface area (Å²) in [4.78, 5) is 37.2. The van der Waals surface area contributed by atoms with E-state index in [4.69, 9.17) is 14.2 Å². The second-order valence-corrected chi connectivity index (χ2v) is 13.3. The maximum atomic E-state index is 12.8. The molecule has 1 aromatic rings. The average Bonchev–Trinajstić information content (AvgIpc) is 2.79. The highest BCUT2D eigenvalue weighted by Crippen LogP contribution is 2.22. The van der Waals surface area contributed by atoms with Gasteiger partial charge in [0, 0.05) is 13.0 Å². The summed E-state index contributed by atoms with van der Waals surface area (Å²) in [5.41, 5.74) is 2.91. The van der Waals surface area contributed by atoms with E-state index in [0.717, 1.165) is 5.56 Å². The maximum absolute atomic E-state index is 12.8. The van der Waals surface area contributed by atoms with Gasteiger partial charge in [0.1, 0.15) is 14.1 Å². The summed E-state index contributed by atoms with van der Waals surface area (Å²) in [6.45, 7) is 10.5. The molecule has 0 radical (unpaired) electrons. The monoisotopic (exact) mass is 474 g/mol. The Bertz CT molecular complexity index is 901. The third kappa shape index (κ3) is 9.51. The minimum absolute atomic E-state index is 0.0627. The van der Waals surface area contributed by atoms with Crippen LogP contribution in [-0.2, 0) is 30.3 Å². The molecule has 0 saturated heterocycles. The molecule has 2 unspecified atom stereocenters. The highest BCUT2D eigenvalue weighted by molar-refractivity contribution is 6.83. The second-order valence-electron chi connectivity index (χ2n) is 8.59. The Balaban J connectivity index is 3.17. The highest BCUT2D eigenvalue weighted by Gasteiger charge is 2.41. The summed E-state index contributed by atoms with van der Waals surface area (Å²) in [6.07, 6.45) is -0.729. The Morgan fingerprint density at radius 2 is 1.70 bits per heavy atom. The van der Waals surface area contributed by atoms with Gasteiger partial charge < -0.3 is 19.5 Å². The minimum Gasteiger partial charge on any atom is -0.468 e. The first-order valence-corrected chi connectivity index (χ1v) is 14.0. The standard InChI is InChI=1S/C24H34N2O6Si/c1-18(15-20(21(27)30-2)25-17-19-11-9-8-10-12-19)16-24(22(28)31-3,26-23(29)32-4)13-14-33(5,6)7/h8-12,20,25H,1,15-17H2,2-7H3,(H,26,29). The number of nitrogens with one attached hydrogen (secondary N) is 2. The number of ether oxygens (including phenoxy) is 3. The number of alkyl carbamates (subject to hydrolysis) is 1. The molecule has 0 spiro atoms. The molecule has 2 N–H and O–H groups in total. The molecule has 0 aliphatic carbocycles. The topological polar surface area (TPSA) is 103 Å². The Morgan fingerprint density at radius 1 is 1.06 bits per heavy atom. The van der Waals surface area contributed by atoms with Crippen LogP contribution in [0, 0.1) is 11.5 Å². The average molecular weight is 475 g/mol. The molecule has 0 aliphatic rings. The third-order valence-corrected chi connectivity index (χ3v) is 5.45. The van der Waals surface area contributed by atoms with E-state index in [1.165, 1.54) is 21.3 Å². The van der Waals surface area contributed by atoms with E-state index in [0.29, 0.717) is 12.1 Å². The molecule has 2 atom stereocenters. The molecule has 0 heterocycles. The molecule has 0 saturated carbocycles. The molecular formula is C24H34N2O6Si. The first-order valence-electron chi connectivity index (χ1n) is 10.5. The van der Waals surface area contributed by atoms with E-state index >= 15 is 0 Å². The van der Waals surface area contributed by atoms with Gasteiger partial charge in [0.2, 0.25) is 5.54 Å². The van der Waals surface area contributed by atoms with E-state index in [1.807, 2.05) is 50.0 Å². The molecule has 0 bridgehead atoms. The first kappa shape index (κ1) is 27.9. The minimum atomic E-state index is -1.92. The van der Waals surface area contributed by atoms with E-state index in [2.05, 4.69) is 28.7 Å². The number of carbonyl (C=O) groups excluding carboxylic acids is 3. The van der Waals surface area contributed by atoms with Crippen molar-refractivity contribution in [3.8, 4) is 11.5 Å². The van der Waals surface area contributed by atoms with Gasteiger partial charge in [0.25, 0.3) is 0 Å². The van der Waals surface area contributed by atoms with Crippen LogP contribution in [0.4, 0.5) is 4.79 Å². The van der Waals surface area contributed by atoms with E-state index < -0.39 is 37.7 Å². The van der Waals surface area contributed by atoms with Crippen molar-refractivity contribution in [3.05, 3.63) is 48.0 Å². The zero-order valence-electron chi connectivity index (χ0n) is 20.2. The lowest BCUT2D eigenvalue weighted by Gasteiger charge is -2.28. The third-order valence-electron chi connectivity index (χ3n) is 4.57. The van der Waals surface area contributed by atoms with Crippen LogP contribution in [0.15, 0.2) is 42.5 Å². The number of amides is 1. The molecule has 1 amide bonds. The largest absolute Gasteiger partial charge is 0.468 e. The number of hydrogen-bond acceptors (Lipinski definition) is 7. The van der Waals surface area contributed by atoms with Crippen LogP contribution in [-0.4, -0.2) is 59.0 Å². The molecule has 9 heteroatoms. The van der Waals surface area contributed by atoms with Crippen LogP contribution in [0.1, 0.15) is 18.4 Å². The molecule has 33 heavy (non-hydrogen) atoms. The number of hydrogen-bond donors (Lipinski definition) is 2. The zero-order chi connectivity index (χ0) is 25.1. The molecule has 0 aromatic heterocycles. The number of esters is 2. The van der Waals surface area contributed by atoms with Crippen molar-refractivity contribution in [2.75, 3.05) is 21.3 Å². The number of carbonyl (C=O) groups is 3. The number of rotatable bonds is 10. The van der Waals surface area contributed by atoms with Gasteiger partial charge >= 0.3 is 18.0 Å². The van der Waals surface area contributed by atoms with Gasteiger partial charge in [0.15, 0.2) is 0 Å². The van der Waals surface area contributed by atoms with E-state index in [9.17, 15) is 14.4 Å². The van der Waals surface area contributed by atoms with Crippen molar-refractivity contribution in [1.82, 2.24) is 10.6 Å². The quantitative estimate of drug-likeness (QED) is 0.177. The molecule has 0 aliphatic heterocycles. The van der Waals surface area contributed by atoms with Crippen LogP contribution in [0.25, 0.3) is 0 Å². The lowest BCUT2D eigenvalue weighted by molar-refractivity contribution is -0.145.